The molecule has 0 atom stereocenters. The van der Waals surface area contributed by atoms with Crippen LogP contribution in [0.3, 0.4) is 0 Å². The van der Waals surface area contributed by atoms with E-state index in [0.717, 1.165) is 10.9 Å². The van der Waals surface area contributed by atoms with Crippen LogP contribution >= 0.6 is 23.2 Å². The second-order valence-corrected chi connectivity index (χ2v) is 6.77. The molecular formula is C20H17Cl2N3O2. The zero-order valence-corrected chi connectivity index (χ0v) is 16.1. The van der Waals surface area contributed by atoms with Gasteiger partial charge in [0.2, 0.25) is 0 Å². The third kappa shape index (κ3) is 4.56. The fourth-order valence-electron chi connectivity index (χ4n) is 2.63. The van der Waals surface area contributed by atoms with Gasteiger partial charge >= 0.3 is 0 Å². The van der Waals surface area contributed by atoms with E-state index in [-0.39, 0.29) is 24.9 Å². The first-order valence-corrected chi connectivity index (χ1v) is 9.09. The molecule has 0 aliphatic carbocycles. The van der Waals surface area contributed by atoms with Gasteiger partial charge in [0.1, 0.15) is 0 Å². The molecule has 27 heavy (non-hydrogen) atoms. The van der Waals surface area contributed by atoms with Gasteiger partial charge in [-0.15, -0.1) is 0 Å². The Hall–Kier alpha value is -2.63. The number of hydrogen-bond donors (Lipinski definition) is 2. The number of benzene rings is 2. The monoisotopic (exact) mass is 401 g/mol. The van der Waals surface area contributed by atoms with Crippen molar-refractivity contribution in [3.63, 3.8) is 0 Å². The highest BCUT2D eigenvalue weighted by molar-refractivity contribution is 6.42. The number of fused-ring (bicyclic) bond motifs is 1. The van der Waals surface area contributed by atoms with E-state index in [1.807, 2.05) is 30.3 Å². The largest absolute Gasteiger partial charge is 0.350 e. The maximum atomic E-state index is 12.4. The van der Waals surface area contributed by atoms with Crippen molar-refractivity contribution in [3.05, 3.63) is 75.4 Å². The molecule has 5 nitrogen and oxygen atoms in total. The minimum absolute atomic E-state index is 0.227. The summed E-state index contributed by atoms with van der Waals surface area (Å²) in [6.07, 6.45) is 0. The Morgan fingerprint density at radius 3 is 2.37 bits per heavy atom. The fraction of sp³-hybridized carbons (Fsp3) is 0.150. The minimum atomic E-state index is -0.286. The topological polar surface area (TPSA) is 71.1 Å². The van der Waals surface area contributed by atoms with E-state index in [9.17, 15) is 9.59 Å². The van der Waals surface area contributed by atoms with Crippen molar-refractivity contribution < 1.29 is 9.59 Å². The van der Waals surface area contributed by atoms with Crippen molar-refractivity contribution in [2.24, 2.45) is 0 Å². The number of nitrogens with zero attached hydrogens (tertiary/aromatic N) is 1. The zero-order valence-electron chi connectivity index (χ0n) is 14.6. The van der Waals surface area contributed by atoms with Crippen LogP contribution in [0.15, 0.2) is 48.5 Å². The number of amides is 2. The lowest BCUT2D eigenvalue weighted by atomic mass is 10.1. The van der Waals surface area contributed by atoms with E-state index < -0.39 is 0 Å². The number of aromatic nitrogens is 1. The molecule has 2 amide bonds. The fourth-order valence-corrected chi connectivity index (χ4v) is 2.93. The molecule has 0 saturated carbocycles. The van der Waals surface area contributed by atoms with Crippen LogP contribution < -0.4 is 10.6 Å². The molecule has 138 valence electrons. The van der Waals surface area contributed by atoms with E-state index >= 15 is 0 Å². The number of rotatable bonds is 5. The van der Waals surface area contributed by atoms with Gasteiger partial charge in [-0.05, 0) is 37.3 Å². The zero-order chi connectivity index (χ0) is 19.4. The molecule has 1 aromatic heterocycles. The van der Waals surface area contributed by atoms with E-state index in [1.165, 1.54) is 6.07 Å². The molecule has 7 heteroatoms. The van der Waals surface area contributed by atoms with Crippen molar-refractivity contribution in [2.45, 2.75) is 6.92 Å². The second-order valence-electron chi connectivity index (χ2n) is 5.95. The number of halogens is 2. The molecule has 0 unspecified atom stereocenters. The maximum absolute atomic E-state index is 12.4. The molecule has 3 rings (SSSR count). The van der Waals surface area contributed by atoms with Gasteiger partial charge in [0.25, 0.3) is 11.8 Å². The van der Waals surface area contributed by atoms with Crippen LogP contribution in [0.25, 0.3) is 10.9 Å². The standard InChI is InChI=1S/C20H17Cl2N3O2/c1-12-15(10-13-4-2-3-5-18(13)25-12)20(27)24-9-8-23-19(26)14-6-7-16(21)17(22)11-14/h2-7,10-11H,8-9H2,1H3,(H,23,26)(H,24,27). The van der Waals surface area contributed by atoms with Crippen molar-refractivity contribution in [1.82, 2.24) is 15.6 Å². The Balaban J connectivity index is 1.56. The molecule has 1 heterocycles. The highest BCUT2D eigenvalue weighted by atomic mass is 35.5. The van der Waals surface area contributed by atoms with Crippen LogP contribution in [0, 0.1) is 6.92 Å². The van der Waals surface area contributed by atoms with Crippen LogP contribution in [0.1, 0.15) is 26.4 Å². The highest BCUT2D eigenvalue weighted by Gasteiger charge is 2.12. The molecule has 0 radical (unpaired) electrons. The average Bonchev–Trinajstić information content (AvgIpc) is 2.66. The molecule has 2 aromatic carbocycles. The first-order valence-electron chi connectivity index (χ1n) is 8.33. The van der Waals surface area contributed by atoms with Crippen LogP contribution in [0.2, 0.25) is 10.0 Å². The summed E-state index contributed by atoms with van der Waals surface area (Å²) in [4.78, 5) is 29.0. The van der Waals surface area contributed by atoms with E-state index in [2.05, 4.69) is 15.6 Å². The summed E-state index contributed by atoms with van der Waals surface area (Å²) < 4.78 is 0. The van der Waals surface area contributed by atoms with Crippen LogP contribution in [-0.2, 0) is 0 Å². The van der Waals surface area contributed by atoms with E-state index in [1.54, 1.807) is 19.1 Å². The highest BCUT2D eigenvalue weighted by Crippen LogP contribution is 2.22. The second kappa shape index (κ2) is 8.37. The van der Waals surface area contributed by atoms with Crippen molar-refractivity contribution in [2.75, 3.05) is 13.1 Å². The van der Waals surface area contributed by atoms with E-state index in [4.69, 9.17) is 23.2 Å². The van der Waals surface area contributed by atoms with Crippen LogP contribution in [0.4, 0.5) is 0 Å². The molecule has 0 aliphatic heterocycles. The molecule has 0 spiro atoms. The summed E-state index contributed by atoms with van der Waals surface area (Å²) in [6, 6.07) is 14.1. The van der Waals surface area contributed by atoms with Gasteiger partial charge < -0.3 is 10.6 Å². The van der Waals surface area contributed by atoms with Gasteiger partial charge in [-0.1, -0.05) is 41.4 Å². The number of carbonyl (C=O) groups excluding carboxylic acids is 2. The minimum Gasteiger partial charge on any atom is -0.350 e. The predicted octanol–water partition coefficient (Wildman–Crippen LogP) is 4.01. The Labute approximate surface area is 166 Å². The molecule has 2 N–H and O–H groups in total. The van der Waals surface area contributed by atoms with Gasteiger partial charge in [-0.25, -0.2) is 0 Å². The Kier molecular flexibility index (Phi) is 5.94. The Bertz CT molecular complexity index is 1020. The van der Waals surface area contributed by atoms with E-state index in [0.29, 0.717) is 26.9 Å². The Morgan fingerprint density at radius 1 is 0.926 bits per heavy atom. The lowest BCUT2D eigenvalue weighted by Gasteiger charge is -2.10. The van der Waals surface area contributed by atoms with Crippen molar-refractivity contribution in [1.29, 1.82) is 0 Å². The normalized spacial score (nSPS) is 10.6. The van der Waals surface area contributed by atoms with Crippen LogP contribution in [-0.4, -0.2) is 29.9 Å². The maximum Gasteiger partial charge on any atom is 0.253 e. The summed E-state index contributed by atoms with van der Waals surface area (Å²) in [7, 11) is 0. The molecule has 3 aromatic rings. The molecular weight excluding hydrogens is 385 g/mol. The van der Waals surface area contributed by atoms with Gasteiger partial charge in [0.15, 0.2) is 0 Å². The van der Waals surface area contributed by atoms with Crippen molar-refractivity contribution in [3.8, 4) is 0 Å². The average molecular weight is 402 g/mol. The number of hydrogen-bond acceptors (Lipinski definition) is 3. The summed E-state index contributed by atoms with van der Waals surface area (Å²) in [6.45, 7) is 2.37. The first-order chi connectivity index (χ1) is 13.0. The molecule has 0 saturated heterocycles. The SMILES string of the molecule is Cc1nc2ccccc2cc1C(=O)NCCNC(=O)c1ccc(Cl)c(Cl)c1. The number of para-hydroxylation sites is 1. The number of pyridine rings is 1. The lowest BCUT2D eigenvalue weighted by molar-refractivity contribution is 0.0927. The summed E-state index contributed by atoms with van der Waals surface area (Å²) >= 11 is 11.7. The quantitative estimate of drug-likeness (QED) is 0.634. The molecule has 0 aliphatic rings. The predicted molar refractivity (Wildman–Crippen MR) is 108 cm³/mol. The molecule has 0 fully saturated rings. The van der Waals surface area contributed by atoms with Crippen molar-refractivity contribution >= 4 is 45.9 Å². The van der Waals surface area contributed by atoms with Gasteiger partial charge in [-0.2, -0.15) is 0 Å². The smallest absolute Gasteiger partial charge is 0.253 e. The van der Waals surface area contributed by atoms with Gasteiger partial charge in [0, 0.05) is 24.0 Å². The third-order valence-electron chi connectivity index (χ3n) is 4.04. The van der Waals surface area contributed by atoms with Crippen LogP contribution in [0.5, 0.6) is 0 Å². The first kappa shape index (κ1) is 19.1. The number of aryl methyl sites for hydroxylation is 1. The summed E-state index contributed by atoms with van der Waals surface area (Å²) in [5.41, 5.74) is 2.43. The molecule has 0 bridgehead atoms. The van der Waals surface area contributed by atoms with Gasteiger partial charge in [0.05, 0.1) is 26.8 Å². The summed E-state index contributed by atoms with van der Waals surface area (Å²) in [5.74, 6) is -0.513. The number of nitrogens with one attached hydrogen (secondary N) is 2. The Morgan fingerprint density at radius 2 is 1.63 bits per heavy atom. The lowest BCUT2D eigenvalue weighted by Crippen LogP contribution is -2.35. The third-order valence-corrected chi connectivity index (χ3v) is 4.78. The number of carbonyl (C=O) groups is 2. The summed E-state index contributed by atoms with van der Waals surface area (Å²) in [5, 5.41) is 7.13. The van der Waals surface area contributed by atoms with Gasteiger partial charge in [-0.3, -0.25) is 14.6 Å².